The Hall–Kier alpha value is -2.50. The van der Waals surface area contributed by atoms with Crippen LogP contribution in [0.25, 0.3) is 0 Å². The monoisotopic (exact) mass is 247 g/mol. The Bertz CT molecular complexity index is 595. The summed E-state index contributed by atoms with van der Waals surface area (Å²) in [6.07, 6.45) is 1.43. The molecular weight excluding hydrogens is 234 g/mol. The zero-order valence-electron chi connectivity index (χ0n) is 10.1. The summed E-state index contributed by atoms with van der Waals surface area (Å²) in [6.45, 7) is 0. The summed E-state index contributed by atoms with van der Waals surface area (Å²) in [6, 6.07) is 6.65. The van der Waals surface area contributed by atoms with Crippen molar-refractivity contribution in [1.29, 1.82) is 0 Å². The van der Waals surface area contributed by atoms with Gasteiger partial charge in [0.05, 0.1) is 19.9 Å². The third kappa shape index (κ3) is 2.60. The highest BCUT2D eigenvalue weighted by atomic mass is 16.5. The Morgan fingerprint density at radius 2 is 2.06 bits per heavy atom. The minimum Gasteiger partial charge on any atom is -0.497 e. The molecular formula is C12H13N3O3. The molecule has 1 aromatic carbocycles. The highest BCUT2D eigenvalue weighted by Crippen LogP contribution is 2.30. The van der Waals surface area contributed by atoms with Gasteiger partial charge in [-0.3, -0.25) is 9.78 Å². The first-order chi connectivity index (χ1) is 8.72. The lowest BCUT2D eigenvalue weighted by molar-refractivity contribution is 0.395. The number of hydrogen-bond donors (Lipinski definition) is 2. The van der Waals surface area contributed by atoms with Gasteiger partial charge in [-0.1, -0.05) is 0 Å². The summed E-state index contributed by atoms with van der Waals surface area (Å²) in [7, 11) is 3.14. The number of rotatable bonds is 4. The second-order valence-corrected chi connectivity index (χ2v) is 3.47. The molecule has 94 valence electrons. The van der Waals surface area contributed by atoms with Crippen molar-refractivity contribution in [2.45, 2.75) is 0 Å². The molecule has 1 aromatic heterocycles. The molecule has 0 spiro atoms. The Labute approximate surface area is 104 Å². The SMILES string of the molecule is COc1ccc(Nc2nccc(=O)[nH]2)c(OC)c1. The molecule has 0 aliphatic heterocycles. The number of benzene rings is 1. The molecule has 0 saturated carbocycles. The average Bonchev–Trinajstić information content (AvgIpc) is 2.39. The number of hydrogen-bond acceptors (Lipinski definition) is 5. The number of H-pyrrole nitrogens is 1. The van der Waals surface area contributed by atoms with E-state index in [4.69, 9.17) is 9.47 Å². The number of ether oxygens (including phenoxy) is 2. The smallest absolute Gasteiger partial charge is 0.252 e. The molecule has 0 aliphatic carbocycles. The van der Waals surface area contributed by atoms with Crippen LogP contribution >= 0.6 is 0 Å². The number of nitrogens with one attached hydrogen (secondary N) is 2. The number of anilines is 2. The average molecular weight is 247 g/mol. The highest BCUT2D eigenvalue weighted by molar-refractivity contribution is 5.64. The third-order valence-corrected chi connectivity index (χ3v) is 2.33. The van der Waals surface area contributed by atoms with Crippen LogP contribution in [-0.2, 0) is 0 Å². The fourth-order valence-electron chi connectivity index (χ4n) is 1.46. The van der Waals surface area contributed by atoms with E-state index < -0.39 is 0 Å². The van der Waals surface area contributed by atoms with Gasteiger partial charge in [-0.25, -0.2) is 4.98 Å². The first-order valence-corrected chi connectivity index (χ1v) is 5.27. The second-order valence-electron chi connectivity index (χ2n) is 3.47. The summed E-state index contributed by atoms with van der Waals surface area (Å²) in [5, 5.41) is 2.97. The van der Waals surface area contributed by atoms with Crippen molar-refractivity contribution in [1.82, 2.24) is 9.97 Å². The first kappa shape index (κ1) is 12.0. The van der Waals surface area contributed by atoms with Gasteiger partial charge < -0.3 is 14.8 Å². The van der Waals surface area contributed by atoms with Crippen LogP contribution in [-0.4, -0.2) is 24.2 Å². The molecule has 0 bridgehead atoms. The van der Waals surface area contributed by atoms with Crippen LogP contribution in [0.15, 0.2) is 35.3 Å². The molecule has 6 heteroatoms. The summed E-state index contributed by atoms with van der Waals surface area (Å²) in [5.74, 6) is 1.64. The number of aromatic nitrogens is 2. The van der Waals surface area contributed by atoms with E-state index in [-0.39, 0.29) is 5.56 Å². The second kappa shape index (κ2) is 5.22. The van der Waals surface area contributed by atoms with E-state index in [1.54, 1.807) is 32.4 Å². The molecule has 2 N–H and O–H groups in total. The lowest BCUT2D eigenvalue weighted by atomic mass is 10.2. The minimum atomic E-state index is -0.222. The van der Waals surface area contributed by atoms with Gasteiger partial charge in [0.2, 0.25) is 5.95 Å². The van der Waals surface area contributed by atoms with Gasteiger partial charge in [-0.15, -0.1) is 0 Å². The van der Waals surface area contributed by atoms with Gasteiger partial charge in [0.15, 0.2) is 0 Å². The van der Waals surface area contributed by atoms with Crippen LogP contribution in [0.3, 0.4) is 0 Å². The van der Waals surface area contributed by atoms with Crippen molar-refractivity contribution < 1.29 is 9.47 Å². The molecule has 0 aliphatic rings. The quantitative estimate of drug-likeness (QED) is 0.856. The predicted octanol–water partition coefficient (Wildman–Crippen LogP) is 1.53. The number of methoxy groups -OCH3 is 2. The van der Waals surface area contributed by atoms with E-state index >= 15 is 0 Å². The van der Waals surface area contributed by atoms with E-state index in [1.165, 1.54) is 12.3 Å². The van der Waals surface area contributed by atoms with Crippen molar-refractivity contribution in [3.63, 3.8) is 0 Å². The zero-order valence-corrected chi connectivity index (χ0v) is 10.1. The van der Waals surface area contributed by atoms with Crippen molar-refractivity contribution >= 4 is 11.6 Å². The Kier molecular flexibility index (Phi) is 3.47. The maximum Gasteiger partial charge on any atom is 0.252 e. The van der Waals surface area contributed by atoms with Crippen molar-refractivity contribution in [3.05, 3.63) is 40.8 Å². The predicted molar refractivity (Wildman–Crippen MR) is 67.7 cm³/mol. The number of aromatic amines is 1. The summed E-state index contributed by atoms with van der Waals surface area (Å²) in [5.41, 5.74) is 0.465. The fraction of sp³-hybridized carbons (Fsp3) is 0.167. The molecule has 1 heterocycles. The summed E-state index contributed by atoms with van der Waals surface area (Å²) < 4.78 is 10.3. The molecule has 6 nitrogen and oxygen atoms in total. The maximum absolute atomic E-state index is 11.1. The van der Waals surface area contributed by atoms with E-state index in [2.05, 4.69) is 15.3 Å². The van der Waals surface area contributed by atoms with Gasteiger partial charge in [-0.05, 0) is 12.1 Å². The van der Waals surface area contributed by atoms with E-state index in [1.807, 2.05) is 0 Å². The fourth-order valence-corrected chi connectivity index (χ4v) is 1.46. The molecule has 0 atom stereocenters. The first-order valence-electron chi connectivity index (χ1n) is 5.27. The Morgan fingerprint density at radius 3 is 2.72 bits per heavy atom. The molecule has 0 unspecified atom stereocenters. The van der Waals surface area contributed by atoms with Crippen LogP contribution < -0.4 is 20.3 Å². The zero-order chi connectivity index (χ0) is 13.0. The molecule has 0 fully saturated rings. The van der Waals surface area contributed by atoms with Gasteiger partial charge in [-0.2, -0.15) is 0 Å². The highest BCUT2D eigenvalue weighted by Gasteiger charge is 2.06. The molecule has 2 aromatic rings. The maximum atomic E-state index is 11.1. The molecule has 2 rings (SSSR count). The van der Waals surface area contributed by atoms with Crippen LogP contribution in [0.1, 0.15) is 0 Å². The molecule has 18 heavy (non-hydrogen) atoms. The Balaban J connectivity index is 2.31. The molecule has 0 radical (unpaired) electrons. The van der Waals surface area contributed by atoms with Gasteiger partial charge >= 0.3 is 0 Å². The molecule has 0 saturated heterocycles. The van der Waals surface area contributed by atoms with E-state index in [0.717, 1.165) is 0 Å². The van der Waals surface area contributed by atoms with Gasteiger partial charge in [0, 0.05) is 18.3 Å². The van der Waals surface area contributed by atoms with Gasteiger partial charge in [0.1, 0.15) is 11.5 Å². The normalized spacial score (nSPS) is 9.89. The number of nitrogens with zero attached hydrogens (tertiary/aromatic N) is 1. The van der Waals surface area contributed by atoms with Crippen LogP contribution in [0.2, 0.25) is 0 Å². The lowest BCUT2D eigenvalue weighted by Gasteiger charge is -2.11. The summed E-state index contributed by atoms with van der Waals surface area (Å²) in [4.78, 5) is 17.7. The van der Waals surface area contributed by atoms with Crippen LogP contribution in [0.5, 0.6) is 11.5 Å². The van der Waals surface area contributed by atoms with E-state index in [0.29, 0.717) is 23.1 Å². The van der Waals surface area contributed by atoms with E-state index in [9.17, 15) is 4.79 Å². The van der Waals surface area contributed by atoms with Crippen LogP contribution in [0.4, 0.5) is 11.6 Å². The largest absolute Gasteiger partial charge is 0.497 e. The van der Waals surface area contributed by atoms with Crippen molar-refractivity contribution in [2.24, 2.45) is 0 Å². The minimum absolute atomic E-state index is 0.222. The van der Waals surface area contributed by atoms with Crippen LogP contribution in [0, 0.1) is 0 Å². The lowest BCUT2D eigenvalue weighted by Crippen LogP contribution is -2.08. The summed E-state index contributed by atoms with van der Waals surface area (Å²) >= 11 is 0. The molecule has 0 amide bonds. The van der Waals surface area contributed by atoms with Crippen molar-refractivity contribution in [2.75, 3.05) is 19.5 Å². The Morgan fingerprint density at radius 1 is 1.22 bits per heavy atom. The standard InChI is InChI=1S/C12H13N3O3/c1-17-8-3-4-9(10(7-8)18-2)14-12-13-6-5-11(16)15-12/h3-7H,1-2H3,(H2,13,14,15,16). The van der Waals surface area contributed by atoms with Crippen molar-refractivity contribution in [3.8, 4) is 11.5 Å². The van der Waals surface area contributed by atoms with Gasteiger partial charge in [0.25, 0.3) is 5.56 Å². The third-order valence-electron chi connectivity index (χ3n) is 2.33. The topological polar surface area (TPSA) is 76.2 Å².